The first-order chi connectivity index (χ1) is 8.05. The maximum Gasteiger partial charge on any atom is 0.472 e. The first kappa shape index (κ1) is 16.3. The Balaban J connectivity index is 0.000000302. The first-order valence-corrected chi connectivity index (χ1v) is 7.07. The zero-order valence-corrected chi connectivity index (χ0v) is 11.4. The molecule has 0 fully saturated rings. The van der Waals surface area contributed by atoms with Crippen LogP contribution in [0.5, 0.6) is 0 Å². The molecule has 1 aromatic rings. The number of pyridine rings is 1. The molecule has 1 aromatic heterocycles. The van der Waals surface area contributed by atoms with Crippen molar-refractivity contribution in [3.63, 3.8) is 0 Å². The van der Waals surface area contributed by atoms with Gasteiger partial charge < -0.3 is 4.89 Å². The van der Waals surface area contributed by atoms with Crippen LogP contribution >= 0.6 is 7.82 Å². The van der Waals surface area contributed by atoms with Crippen LogP contribution in [0.1, 0.15) is 26.5 Å². The summed E-state index contributed by atoms with van der Waals surface area (Å²) in [7, 11) is -3.69. The summed E-state index contributed by atoms with van der Waals surface area (Å²) < 4.78 is 19.2. The quantitative estimate of drug-likeness (QED) is 0.825. The van der Waals surface area contributed by atoms with E-state index in [4.69, 9.17) is 4.89 Å². The number of aromatic nitrogens is 1. The second kappa shape index (κ2) is 9.31. The van der Waals surface area contributed by atoms with Gasteiger partial charge >= 0.3 is 7.82 Å². The Labute approximate surface area is 102 Å². The van der Waals surface area contributed by atoms with Gasteiger partial charge in [0.15, 0.2) is 0 Å². The van der Waals surface area contributed by atoms with E-state index >= 15 is 0 Å². The van der Waals surface area contributed by atoms with Gasteiger partial charge in [0.25, 0.3) is 0 Å². The molecule has 0 atom stereocenters. The molecule has 98 valence electrons. The van der Waals surface area contributed by atoms with Crippen LogP contribution in [0.4, 0.5) is 0 Å². The minimum Gasteiger partial charge on any atom is -0.302 e. The summed E-state index contributed by atoms with van der Waals surface area (Å²) >= 11 is 0. The van der Waals surface area contributed by atoms with Crippen LogP contribution in [-0.2, 0) is 20.0 Å². The second-order valence-corrected chi connectivity index (χ2v) is 4.43. The highest BCUT2D eigenvalue weighted by Gasteiger charge is 2.17. The minimum atomic E-state index is -3.69. The topological polar surface area (TPSA) is 68.7 Å². The average molecular weight is 261 g/mol. The van der Waals surface area contributed by atoms with E-state index in [2.05, 4.69) is 21.0 Å². The largest absolute Gasteiger partial charge is 0.472 e. The molecule has 17 heavy (non-hydrogen) atoms. The molecule has 0 saturated heterocycles. The summed E-state index contributed by atoms with van der Waals surface area (Å²) in [6.45, 7) is 5.73. The smallest absolute Gasteiger partial charge is 0.302 e. The van der Waals surface area contributed by atoms with E-state index < -0.39 is 7.82 Å². The molecule has 1 rings (SSSR count). The van der Waals surface area contributed by atoms with Crippen LogP contribution in [0.15, 0.2) is 24.4 Å². The van der Waals surface area contributed by atoms with E-state index in [9.17, 15) is 4.57 Å². The van der Waals surface area contributed by atoms with Crippen molar-refractivity contribution in [2.45, 2.75) is 27.2 Å². The molecule has 1 N–H and O–H groups in total. The minimum absolute atomic E-state index is 0.188. The van der Waals surface area contributed by atoms with Crippen molar-refractivity contribution in [1.82, 2.24) is 4.98 Å². The normalized spacial score (nSPS) is 10.6. The molecule has 0 aliphatic heterocycles. The Hall–Kier alpha value is -0.740. The van der Waals surface area contributed by atoms with Crippen molar-refractivity contribution < 1.29 is 18.5 Å². The highest BCUT2D eigenvalue weighted by molar-refractivity contribution is 7.47. The molecule has 0 aliphatic carbocycles. The number of phosphoric acid groups is 1. The van der Waals surface area contributed by atoms with Gasteiger partial charge in [0.05, 0.1) is 13.2 Å². The van der Waals surface area contributed by atoms with E-state index in [0.29, 0.717) is 0 Å². The van der Waals surface area contributed by atoms with Crippen molar-refractivity contribution in [2.24, 2.45) is 0 Å². The lowest BCUT2D eigenvalue weighted by atomic mass is 10.3. The van der Waals surface area contributed by atoms with E-state index in [-0.39, 0.29) is 13.2 Å². The van der Waals surface area contributed by atoms with Gasteiger partial charge in [-0.1, -0.05) is 13.0 Å². The number of hydrogen-bond acceptors (Lipinski definition) is 4. The number of nitrogens with zero attached hydrogens (tertiary/aromatic N) is 1. The Morgan fingerprint density at radius 3 is 2.12 bits per heavy atom. The molecule has 0 aliphatic rings. The molecule has 0 unspecified atom stereocenters. The van der Waals surface area contributed by atoms with Crippen LogP contribution in [0.3, 0.4) is 0 Å². The second-order valence-electron chi connectivity index (χ2n) is 2.98. The van der Waals surface area contributed by atoms with Crippen molar-refractivity contribution in [2.75, 3.05) is 13.2 Å². The Kier molecular flexibility index (Phi) is 8.90. The lowest BCUT2D eigenvalue weighted by Gasteiger charge is -2.07. The summed E-state index contributed by atoms with van der Waals surface area (Å²) in [4.78, 5) is 12.7. The molecule has 0 saturated carbocycles. The van der Waals surface area contributed by atoms with Gasteiger partial charge in [0.2, 0.25) is 0 Å². The van der Waals surface area contributed by atoms with Crippen LogP contribution < -0.4 is 0 Å². The fraction of sp³-hybridized carbons (Fsp3) is 0.545. The third-order valence-corrected chi connectivity index (χ3v) is 2.84. The summed E-state index contributed by atoms with van der Waals surface area (Å²) in [6.07, 6.45) is 2.85. The maximum atomic E-state index is 10.5. The fourth-order valence-electron chi connectivity index (χ4n) is 0.971. The van der Waals surface area contributed by atoms with E-state index in [0.717, 1.165) is 12.1 Å². The van der Waals surface area contributed by atoms with E-state index in [1.54, 1.807) is 13.8 Å². The highest BCUT2D eigenvalue weighted by atomic mass is 31.2. The van der Waals surface area contributed by atoms with Gasteiger partial charge in [0.1, 0.15) is 0 Å². The Morgan fingerprint density at radius 1 is 1.24 bits per heavy atom. The lowest BCUT2D eigenvalue weighted by Crippen LogP contribution is -1.93. The molecule has 0 spiro atoms. The SMILES string of the molecule is CCOP(=O)(O)OCC.CCc1ccccn1. The third-order valence-electron chi connectivity index (χ3n) is 1.67. The molecule has 5 nitrogen and oxygen atoms in total. The predicted octanol–water partition coefficient (Wildman–Crippen LogP) is 2.80. The molecule has 0 amide bonds. The molecule has 0 aromatic carbocycles. The highest BCUT2D eigenvalue weighted by Crippen LogP contribution is 2.42. The number of rotatable bonds is 5. The van der Waals surface area contributed by atoms with Crippen LogP contribution in [0, 0.1) is 0 Å². The zero-order valence-electron chi connectivity index (χ0n) is 10.5. The summed E-state index contributed by atoms with van der Waals surface area (Å²) in [5.74, 6) is 0. The Morgan fingerprint density at radius 2 is 1.82 bits per heavy atom. The Bertz CT molecular complexity index is 322. The fourth-order valence-corrected chi connectivity index (χ4v) is 1.70. The molecular weight excluding hydrogens is 241 g/mol. The zero-order chi connectivity index (χ0) is 13.1. The van der Waals surface area contributed by atoms with E-state index in [1.165, 1.54) is 0 Å². The first-order valence-electron chi connectivity index (χ1n) is 5.57. The number of phosphoric ester groups is 1. The molecule has 0 radical (unpaired) electrons. The van der Waals surface area contributed by atoms with Gasteiger partial charge in [-0.3, -0.25) is 14.0 Å². The molecule has 6 heteroatoms. The maximum absolute atomic E-state index is 10.5. The van der Waals surface area contributed by atoms with Crippen molar-refractivity contribution >= 4 is 7.82 Å². The van der Waals surface area contributed by atoms with E-state index in [1.807, 2.05) is 24.4 Å². The lowest BCUT2D eigenvalue weighted by molar-refractivity contribution is 0.161. The summed E-state index contributed by atoms with van der Waals surface area (Å²) in [5, 5.41) is 0. The number of aryl methyl sites for hydroxylation is 1. The van der Waals surface area contributed by atoms with Crippen LogP contribution in [0.25, 0.3) is 0 Å². The standard InChI is InChI=1S/C7H9N.C4H11O4P/c1-2-7-5-3-4-6-8-7;1-3-7-9(5,6)8-4-2/h3-6H,2H2,1H3;3-4H2,1-2H3,(H,5,6). The van der Waals surface area contributed by atoms with Crippen LogP contribution in [-0.4, -0.2) is 23.1 Å². The van der Waals surface area contributed by atoms with Gasteiger partial charge in [-0.05, 0) is 32.4 Å². The van der Waals surface area contributed by atoms with Crippen molar-refractivity contribution in [1.29, 1.82) is 0 Å². The summed E-state index contributed by atoms with van der Waals surface area (Å²) in [6, 6.07) is 5.96. The predicted molar refractivity (Wildman–Crippen MR) is 66.7 cm³/mol. The van der Waals surface area contributed by atoms with Gasteiger partial charge in [-0.15, -0.1) is 0 Å². The van der Waals surface area contributed by atoms with Crippen molar-refractivity contribution in [3.8, 4) is 0 Å². The van der Waals surface area contributed by atoms with Crippen molar-refractivity contribution in [3.05, 3.63) is 30.1 Å². The molecular formula is C11H20NO4P. The van der Waals surface area contributed by atoms with Gasteiger partial charge in [-0.25, -0.2) is 4.57 Å². The number of hydrogen-bond donors (Lipinski definition) is 1. The average Bonchev–Trinajstić information content (AvgIpc) is 2.31. The molecule has 1 heterocycles. The van der Waals surface area contributed by atoms with Crippen LogP contribution in [0.2, 0.25) is 0 Å². The van der Waals surface area contributed by atoms with Gasteiger partial charge in [0, 0.05) is 11.9 Å². The monoisotopic (exact) mass is 261 g/mol. The molecule has 0 bridgehead atoms. The summed E-state index contributed by atoms with van der Waals surface area (Å²) in [5.41, 5.74) is 1.16. The third kappa shape index (κ3) is 9.01. The van der Waals surface area contributed by atoms with Gasteiger partial charge in [-0.2, -0.15) is 0 Å².